The Morgan fingerprint density at radius 2 is 2.30 bits per heavy atom. The Morgan fingerprint density at radius 3 is 3.00 bits per heavy atom. The van der Waals surface area contributed by atoms with Crippen LogP contribution >= 0.6 is 39.3 Å². The normalized spacial score (nSPS) is 22.8. The van der Waals surface area contributed by atoms with Crippen molar-refractivity contribution < 1.29 is 4.39 Å². The lowest BCUT2D eigenvalue weighted by atomic mass is 10.2. The Morgan fingerprint density at radius 1 is 1.50 bits per heavy atom. The molecule has 0 N–H and O–H groups in total. The minimum absolute atomic E-state index is 0.251. The van der Waals surface area contributed by atoms with Crippen LogP contribution in [0.1, 0.15) is 31.1 Å². The van der Waals surface area contributed by atoms with Crippen molar-refractivity contribution in [3.8, 4) is 0 Å². The van der Waals surface area contributed by atoms with Crippen molar-refractivity contribution in [2.24, 2.45) is 0 Å². The molecular weight excluding hydrogens is 363 g/mol. The number of aromatic nitrogens is 2. The van der Waals surface area contributed by atoms with Crippen molar-refractivity contribution in [2.75, 3.05) is 6.26 Å². The zero-order chi connectivity index (χ0) is 14.3. The van der Waals surface area contributed by atoms with Crippen molar-refractivity contribution in [3.05, 3.63) is 28.2 Å². The van der Waals surface area contributed by atoms with E-state index in [1.807, 2.05) is 11.8 Å². The van der Waals surface area contributed by atoms with Crippen molar-refractivity contribution in [1.82, 2.24) is 9.55 Å². The Kier molecular flexibility index (Phi) is 4.29. The van der Waals surface area contributed by atoms with Gasteiger partial charge >= 0.3 is 0 Å². The van der Waals surface area contributed by atoms with E-state index in [9.17, 15) is 4.39 Å². The van der Waals surface area contributed by atoms with Crippen LogP contribution in [0.3, 0.4) is 0 Å². The molecule has 0 aliphatic heterocycles. The summed E-state index contributed by atoms with van der Waals surface area (Å²) in [6, 6.07) is 3.67. The van der Waals surface area contributed by atoms with Gasteiger partial charge in [-0.25, -0.2) is 9.37 Å². The lowest BCUT2D eigenvalue weighted by molar-refractivity contribution is 0.526. The maximum Gasteiger partial charge on any atom is 0.139 e. The molecule has 0 radical (unpaired) electrons. The molecular formula is C14H15BrClFN2S. The molecule has 0 amide bonds. The van der Waals surface area contributed by atoms with Gasteiger partial charge in [-0.05, 0) is 41.1 Å². The minimum Gasteiger partial charge on any atom is -0.323 e. The first-order chi connectivity index (χ1) is 9.65. The van der Waals surface area contributed by atoms with Gasteiger partial charge < -0.3 is 4.57 Å². The summed E-state index contributed by atoms with van der Waals surface area (Å²) in [5, 5.41) is 0.557. The van der Waals surface area contributed by atoms with Gasteiger partial charge in [-0.15, -0.1) is 11.6 Å². The van der Waals surface area contributed by atoms with Gasteiger partial charge in [0, 0.05) is 17.4 Å². The van der Waals surface area contributed by atoms with Crippen LogP contribution < -0.4 is 0 Å². The van der Waals surface area contributed by atoms with Crippen LogP contribution in [0, 0.1) is 5.82 Å². The van der Waals surface area contributed by atoms with Crippen LogP contribution in [0.2, 0.25) is 0 Å². The second-order valence-corrected chi connectivity index (χ2v) is 7.26. The molecule has 6 heteroatoms. The predicted molar refractivity (Wildman–Crippen MR) is 87.1 cm³/mol. The number of hydrogen-bond donors (Lipinski definition) is 0. The molecule has 0 bridgehead atoms. The Bertz CT molecular complexity index is 646. The van der Waals surface area contributed by atoms with Gasteiger partial charge in [-0.1, -0.05) is 6.42 Å². The second-order valence-electron chi connectivity index (χ2n) is 5.06. The van der Waals surface area contributed by atoms with Gasteiger partial charge in [0.05, 0.1) is 21.4 Å². The Balaban J connectivity index is 2.19. The molecule has 1 saturated carbocycles. The SMILES string of the molecule is CSC1CCCC1n1c(CCl)nc2cc(Br)c(F)cc21. The number of benzene rings is 1. The van der Waals surface area contributed by atoms with Crippen molar-refractivity contribution in [2.45, 2.75) is 36.4 Å². The number of halogens is 3. The number of alkyl halides is 1. The molecule has 0 saturated heterocycles. The third-order valence-corrected chi connectivity index (χ3v) is 5.98. The fourth-order valence-corrected chi connectivity index (χ4v) is 4.58. The molecule has 1 aliphatic carbocycles. The highest BCUT2D eigenvalue weighted by molar-refractivity contribution is 9.10. The number of thioether (sulfide) groups is 1. The van der Waals surface area contributed by atoms with Gasteiger partial charge in [-0.2, -0.15) is 11.8 Å². The lowest BCUT2D eigenvalue weighted by Crippen LogP contribution is -2.17. The number of hydrogen-bond acceptors (Lipinski definition) is 2. The van der Waals surface area contributed by atoms with Crippen molar-refractivity contribution in [1.29, 1.82) is 0 Å². The third kappa shape index (κ3) is 2.38. The summed E-state index contributed by atoms with van der Waals surface area (Å²) in [4.78, 5) is 4.57. The van der Waals surface area contributed by atoms with Crippen LogP contribution in [0.15, 0.2) is 16.6 Å². The first-order valence-electron chi connectivity index (χ1n) is 6.60. The number of nitrogens with zero attached hydrogens (tertiary/aromatic N) is 2. The van der Waals surface area contributed by atoms with E-state index in [-0.39, 0.29) is 5.82 Å². The van der Waals surface area contributed by atoms with Gasteiger partial charge in [0.15, 0.2) is 0 Å². The number of imidazole rings is 1. The van der Waals surface area contributed by atoms with Crippen molar-refractivity contribution >= 4 is 50.3 Å². The van der Waals surface area contributed by atoms with E-state index in [0.29, 0.717) is 21.6 Å². The maximum absolute atomic E-state index is 13.9. The van der Waals surface area contributed by atoms with Crippen LogP contribution in [-0.4, -0.2) is 21.1 Å². The first-order valence-corrected chi connectivity index (χ1v) is 9.22. The Hall–Kier alpha value is -0.260. The summed E-state index contributed by atoms with van der Waals surface area (Å²) in [5.41, 5.74) is 1.66. The van der Waals surface area contributed by atoms with Gasteiger partial charge in [0.25, 0.3) is 0 Å². The van der Waals surface area contributed by atoms with E-state index in [0.717, 1.165) is 23.3 Å². The molecule has 0 spiro atoms. The standard InChI is InChI=1S/C14H15BrClFN2S/c1-20-13-4-2-3-11(13)19-12-6-9(17)8(15)5-10(12)18-14(19)7-16/h5-6,11,13H,2-4,7H2,1H3. The first kappa shape index (κ1) is 14.7. The molecule has 2 nitrogen and oxygen atoms in total. The molecule has 1 aromatic carbocycles. The van der Waals surface area contributed by atoms with Gasteiger partial charge in [0.2, 0.25) is 0 Å². The summed E-state index contributed by atoms with van der Waals surface area (Å²) in [7, 11) is 0. The maximum atomic E-state index is 13.9. The van der Waals surface area contributed by atoms with E-state index in [1.165, 1.54) is 12.8 Å². The summed E-state index contributed by atoms with van der Waals surface area (Å²) < 4.78 is 16.5. The largest absolute Gasteiger partial charge is 0.323 e. The van der Waals surface area contributed by atoms with E-state index in [2.05, 4.69) is 31.7 Å². The quantitative estimate of drug-likeness (QED) is 0.690. The van der Waals surface area contributed by atoms with E-state index >= 15 is 0 Å². The number of rotatable bonds is 3. The van der Waals surface area contributed by atoms with E-state index in [1.54, 1.807) is 12.1 Å². The average Bonchev–Trinajstić information content (AvgIpc) is 3.02. The highest BCUT2D eigenvalue weighted by Gasteiger charge is 2.31. The van der Waals surface area contributed by atoms with Crippen LogP contribution in [0.25, 0.3) is 11.0 Å². The summed E-state index contributed by atoms with van der Waals surface area (Å²) >= 11 is 11.2. The molecule has 2 unspecified atom stereocenters. The lowest BCUT2D eigenvalue weighted by Gasteiger charge is -2.22. The molecule has 1 heterocycles. The fourth-order valence-electron chi connectivity index (χ4n) is 3.08. The molecule has 20 heavy (non-hydrogen) atoms. The molecule has 1 aromatic heterocycles. The smallest absolute Gasteiger partial charge is 0.139 e. The molecule has 1 fully saturated rings. The highest BCUT2D eigenvalue weighted by Crippen LogP contribution is 2.40. The summed E-state index contributed by atoms with van der Waals surface area (Å²) in [6.07, 6.45) is 5.65. The molecule has 108 valence electrons. The van der Waals surface area contributed by atoms with Crippen molar-refractivity contribution in [3.63, 3.8) is 0 Å². The topological polar surface area (TPSA) is 17.8 Å². The molecule has 1 aliphatic rings. The van der Waals surface area contributed by atoms with Crippen LogP contribution in [0.4, 0.5) is 4.39 Å². The molecule has 2 aromatic rings. The van der Waals surface area contributed by atoms with E-state index < -0.39 is 0 Å². The van der Waals surface area contributed by atoms with E-state index in [4.69, 9.17) is 11.6 Å². The van der Waals surface area contributed by atoms with Gasteiger partial charge in [-0.3, -0.25) is 0 Å². The molecule has 2 atom stereocenters. The van der Waals surface area contributed by atoms with Gasteiger partial charge in [0.1, 0.15) is 11.6 Å². The Labute approximate surface area is 135 Å². The zero-order valence-corrected chi connectivity index (χ0v) is 14.2. The predicted octanol–water partition coefficient (Wildman–Crippen LogP) is 5.13. The zero-order valence-electron chi connectivity index (χ0n) is 11.1. The second kappa shape index (κ2) is 5.85. The monoisotopic (exact) mass is 376 g/mol. The average molecular weight is 378 g/mol. The summed E-state index contributed by atoms with van der Waals surface area (Å²) in [5.74, 6) is 0.939. The molecule has 3 rings (SSSR count). The minimum atomic E-state index is -0.251. The highest BCUT2D eigenvalue weighted by atomic mass is 79.9. The summed E-state index contributed by atoms with van der Waals surface area (Å²) in [6.45, 7) is 0. The van der Waals surface area contributed by atoms with Crippen LogP contribution in [0.5, 0.6) is 0 Å². The van der Waals surface area contributed by atoms with Crippen LogP contribution in [-0.2, 0) is 5.88 Å². The number of fused-ring (bicyclic) bond motifs is 1. The third-order valence-electron chi connectivity index (χ3n) is 3.98. The fraction of sp³-hybridized carbons (Fsp3) is 0.500.